The summed E-state index contributed by atoms with van der Waals surface area (Å²) >= 11 is 10.7. The summed E-state index contributed by atoms with van der Waals surface area (Å²) in [4.78, 5) is 28.0. The highest BCUT2D eigenvalue weighted by molar-refractivity contribution is 9.10. The van der Waals surface area contributed by atoms with Crippen LogP contribution in [0.3, 0.4) is 0 Å². The summed E-state index contributed by atoms with van der Waals surface area (Å²) in [7, 11) is 0. The summed E-state index contributed by atoms with van der Waals surface area (Å²) in [5.41, 5.74) is 2.56. The van der Waals surface area contributed by atoms with E-state index in [0.29, 0.717) is 35.1 Å². The van der Waals surface area contributed by atoms with Crippen molar-refractivity contribution in [1.29, 1.82) is 5.26 Å². The van der Waals surface area contributed by atoms with Crippen molar-refractivity contribution in [1.82, 2.24) is 5.32 Å². The van der Waals surface area contributed by atoms with Gasteiger partial charge in [0.25, 0.3) is 5.91 Å². The molecule has 1 aliphatic heterocycles. The molecule has 1 unspecified atom stereocenters. The summed E-state index contributed by atoms with van der Waals surface area (Å²) < 4.78 is 0.864. The zero-order chi connectivity index (χ0) is 24.8. The number of carbonyl (C=O) groups is 2. The zero-order valence-corrected chi connectivity index (χ0v) is 21.7. The van der Waals surface area contributed by atoms with Gasteiger partial charge in [-0.3, -0.25) is 14.5 Å². The molecule has 0 aromatic heterocycles. The number of nitrogens with one attached hydrogen (secondary N) is 1. The van der Waals surface area contributed by atoms with E-state index in [4.69, 9.17) is 11.6 Å². The lowest BCUT2D eigenvalue weighted by Gasteiger charge is -2.19. The monoisotopic (exact) mass is 565 g/mol. The van der Waals surface area contributed by atoms with Crippen LogP contribution in [0, 0.1) is 11.3 Å². The van der Waals surface area contributed by atoms with Gasteiger partial charge in [0.2, 0.25) is 5.91 Å². The van der Waals surface area contributed by atoms with Gasteiger partial charge in [-0.2, -0.15) is 5.26 Å². The minimum atomic E-state index is -0.493. The average Bonchev–Trinajstić information content (AvgIpc) is 3.17. The van der Waals surface area contributed by atoms with Gasteiger partial charge in [-0.25, -0.2) is 0 Å². The number of amides is 2. The third kappa shape index (κ3) is 6.15. The Morgan fingerprint density at radius 2 is 1.71 bits per heavy atom. The number of benzene rings is 3. The van der Waals surface area contributed by atoms with Gasteiger partial charge in [-0.15, -0.1) is 0 Å². The lowest BCUT2D eigenvalue weighted by atomic mass is 10.1. The van der Waals surface area contributed by atoms with Crippen LogP contribution in [0.2, 0.25) is 5.02 Å². The zero-order valence-electron chi connectivity index (χ0n) is 18.6. The van der Waals surface area contributed by atoms with Crippen molar-refractivity contribution in [2.45, 2.75) is 18.1 Å². The minimum Gasteiger partial charge on any atom is -0.351 e. The topological polar surface area (TPSA) is 73.2 Å². The molecule has 3 aromatic carbocycles. The molecular weight excluding hydrogens is 546 g/mol. The van der Waals surface area contributed by atoms with Crippen LogP contribution in [0.25, 0.3) is 0 Å². The largest absolute Gasteiger partial charge is 0.351 e. The quantitative estimate of drug-likeness (QED) is 0.286. The third-order valence-corrected chi connectivity index (χ3v) is 7.51. The lowest BCUT2D eigenvalue weighted by Crippen LogP contribution is -2.32. The number of anilines is 1. The Hall–Kier alpha value is -3.05. The molecule has 1 N–H and O–H groups in total. The van der Waals surface area contributed by atoms with Crippen molar-refractivity contribution in [3.8, 4) is 6.07 Å². The first-order valence-electron chi connectivity index (χ1n) is 10.9. The van der Waals surface area contributed by atoms with E-state index in [1.807, 2.05) is 60.7 Å². The molecule has 1 heterocycles. The molecule has 1 aliphatic rings. The maximum atomic E-state index is 13.5. The van der Waals surface area contributed by atoms with E-state index in [1.165, 1.54) is 16.7 Å². The van der Waals surface area contributed by atoms with E-state index < -0.39 is 11.2 Å². The molecule has 0 radical (unpaired) electrons. The van der Waals surface area contributed by atoms with Crippen LogP contribution in [0.4, 0.5) is 5.69 Å². The second-order valence-electron chi connectivity index (χ2n) is 7.87. The molecule has 2 amide bonds. The fourth-order valence-electron chi connectivity index (χ4n) is 3.70. The number of rotatable bonds is 7. The van der Waals surface area contributed by atoms with Crippen LogP contribution in [0.1, 0.15) is 11.1 Å². The van der Waals surface area contributed by atoms with Gasteiger partial charge >= 0.3 is 0 Å². The van der Waals surface area contributed by atoms with E-state index in [-0.39, 0.29) is 11.5 Å². The first-order valence-corrected chi connectivity index (χ1v) is 13.0. The predicted octanol–water partition coefficient (Wildman–Crippen LogP) is 5.89. The fourth-order valence-corrected chi connectivity index (χ4v) is 5.40. The Balaban J connectivity index is 1.61. The van der Waals surface area contributed by atoms with Crippen LogP contribution in [0.15, 0.2) is 93.9 Å². The highest BCUT2D eigenvalue weighted by Gasteiger charge is 2.40. The van der Waals surface area contributed by atoms with Crippen LogP contribution in [-0.2, 0) is 22.4 Å². The molecule has 1 fully saturated rings. The van der Waals surface area contributed by atoms with Crippen molar-refractivity contribution in [2.24, 2.45) is 0 Å². The number of nitriles is 1. The number of thioether (sulfide) groups is 1. The third-order valence-electron chi connectivity index (χ3n) is 5.47. The Kier molecular flexibility index (Phi) is 8.29. The molecule has 0 aliphatic carbocycles. The Bertz CT molecular complexity index is 1290. The van der Waals surface area contributed by atoms with Crippen molar-refractivity contribution < 1.29 is 9.59 Å². The van der Waals surface area contributed by atoms with Gasteiger partial charge in [-0.1, -0.05) is 81.8 Å². The Morgan fingerprint density at radius 3 is 2.37 bits per heavy atom. The normalized spacial score (nSPS) is 16.7. The lowest BCUT2D eigenvalue weighted by molar-refractivity contribution is -0.117. The SMILES string of the molecule is N#CC(C(=O)NCCc1ccccc1)=C1SC(Cc2ccc(Cl)cc2)C(=O)N1c1ccc(Br)cc1. The minimum absolute atomic E-state index is 0.0714. The summed E-state index contributed by atoms with van der Waals surface area (Å²) in [5, 5.41) is 13.3. The van der Waals surface area contributed by atoms with Crippen molar-refractivity contribution in [2.75, 3.05) is 11.4 Å². The van der Waals surface area contributed by atoms with Crippen molar-refractivity contribution in [3.63, 3.8) is 0 Å². The molecule has 5 nitrogen and oxygen atoms in total. The second-order valence-corrected chi connectivity index (χ2v) is 10.4. The maximum Gasteiger partial charge on any atom is 0.264 e. The number of halogens is 2. The molecule has 1 atom stereocenters. The predicted molar refractivity (Wildman–Crippen MR) is 144 cm³/mol. The molecule has 0 spiro atoms. The molecule has 176 valence electrons. The van der Waals surface area contributed by atoms with E-state index in [2.05, 4.69) is 21.2 Å². The average molecular weight is 567 g/mol. The second kappa shape index (κ2) is 11.6. The van der Waals surface area contributed by atoms with Crippen LogP contribution in [0.5, 0.6) is 0 Å². The van der Waals surface area contributed by atoms with E-state index in [1.54, 1.807) is 24.3 Å². The van der Waals surface area contributed by atoms with Gasteiger partial charge in [-0.05, 0) is 60.4 Å². The molecule has 35 heavy (non-hydrogen) atoms. The smallest absolute Gasteiger partial charge is 0.264 e. The number of carbonyl (C=O) groups excluding carboxylic acids is 2. The summed E-state index contributed by atoms with van der Waals surface area (Å²) in [6.07, 6.45) is 1.09. The summed E-state index contributed by atoms with van der Waals surface area (Å²) in [6.45, 7) is 0.381. The number of nitrogens with zero attached hydrogens (tertiary/aromatic N) is 2. The standard InChI is InChI=1S/C27H21BrClN3O2S/c28-20-8-12-22(13-9-20)32-26(34)24(16-19-6-10-21(29)11-7-19)35-27(32)23(17-30)25(33)31-15-14-18-4-2-1-3-5-18/h1-13,24H,14-16H2,(H,31,33). The number of hydrogen-bond acceptors (Lipinski definition) is 4. The van der Waals surface area contributed by atoms with Crippen LogP contribution >= 0.6 is 39.3 Å². The van der Waals surface area contributed by atoms with Crippen LogP contribution in [-0.4, -0.2) is 23.6 Å². The van der Waals surface area contributed by atoms with Gasteiger partial charge in [0, 0.05) is 21.7 Å². The van der Waals surface area contributed by atoms with Gasteiger partial charge in [0.1, 0.15) is 16.7 Å². The first kappa shape index (κ1) is 25.1. The highest BCUT2D eigenvalue weighted by atomic mass is 79.9. The number of hydrogen-bond donors (Lipinski definition) is 1. The molecule has 3 aromatic rings. The van der Waals surface area contributed by atoms with Crippen LogP contribution < -0.4 is 10.2 Å². The van der Waals surface area contributed by atoms with Crippen molar-refractivity contribution in [3.05, 3.63) is 110 Å². The molecule has 0 saturated carbocycles. The van der Waals surface area contributed by atoms with E-state index in [9.17, 15) is 14.9 Å². The first-order chi connectivity index (χ1) is 17.0. The summed E-state index contributed by atoms with van der Waals surface area (Å²) in [5.74, 6) is -0.667. The molecule has 8 heteroatoms. The van der Waals surface area contributed by atoms with Gasteiger partial charge in [0.05, 0.1) is 5.25 Å². The molecule has 4 rings (SSSR count). The molecular formula is C27H21BrClN3O2S. The summed E-state index contributed by atoms with van der Waals surface area (Å²) in [6, 6.07) is 26.4. The molecule has 1 saturated heterocycles. The molecule has 0 bridgehead atoms. The maximum absolute atomic E-state index is 13.5. The van der Waals surface area contributed by atoms with E-state index >= 15 is 0 Å². The Labute approximate surface area is 221 Å². The fraction of sp³-hybridized carbons (Fsp3) is 0.148. The highest BCUT2D eigenvalue weighted by Crippen LogP contribution is 2.42. The van der Waals surface area contributed by atoms with Gasteiger partial charge < -0.3 is 5.32 Å². The van der Waals surface area contributed by atoms with E-state index in [0.717, 1.165) is 15.6 Å². The Morgan fingerprint density at radius 1 is 1.03 bits per heavy atom. The van der Waals surface area contributed by atoms with Gasteiger partial charge in [0.15, 0.2) is 0 Å². The van der Waals surface area contributed by atoms with Crippen molar-refractivity contribution >= 4 is 56.8 Å².